The summed E-state index contributed by atoms with van der Waals surface area (Å²) in [6.45, 7) is 0.488. The lowest BCUT2D eigenvalue weighted by molar-refractivity contribution is -0.142. The number of nitrogens with zero attached hydrogens (tertiary/aromatic N) is 1. The lowest BCUT2D eigenvalue weighted by atomic mass is 9.98. The van der Waals surface area contributed by atoms with Crippen LogP contribution in [0.4, 0.5) is 4.79 Å². The number of rotatable bonds is 7. The summed E-state index contributed by atoms with van der Waals surface area (Å²) < 4.78 is 5.43. The van der Waals surface area contributed by atoms with Crippen molar-refractivity contribution in [2.45, 2.75) is 18.4 Å². The van der Waals surface area contributed by atoms with Gasteiger partial charge in [0.25, 0.3) is 0 Å². The van der Waals surface area contributed by atoms with Crippen LogP contribution in [0, 0.1) is 0 Å². The number of amides is 1. The molecule has 2 N–H and O–H groups in total. The quantitative estimate of drug-likeness (QED) is 0.786. The molecule has 0 fully saturated rings. The van der Waals surface area contributed by atoms with Crippen LogP contribution in [0.15, 0.2) is 48.5 Å². The number of alkyl carbamates (subject to hydrolysis) is 1. The predicted octanol–water partition coefficient (Wildman–Crippen LogP) is 2.93. The predicted molar refractivity (Wildman–Crippen MR) is 103 cm³/mol. The molecule has 3 rings (SSSR count). The minimum Gasteiger partial charge on any atom is -0.480 e. The van der Waals surface area contributed by atoms with Crippen molar-refractivity contribution in [2.75, 3.05) is 27.2 Å². The van der Waals surface area contributed by atoms with Crippen LogP contribution in [0.5, 0.6) is 0 Å². The Morgan fingerprint density at radius 3 is 2.15 bits per heavy atom. The first kappa shape index (κ1) is 18.9. The smallest absolute Gasteiger partial charge is 0.407 e. The first-order chi connectivity index (χ1) is 13.0. The summed E-state index contributed by atoms with van der Waals surface area (Å²) in [5, 5.41) is 11.8. The molecule has 0 bridgehead atoms. The van der Waals surface area contributed by atoms with Crippen molar-refractivity contribution in [1.29, 1.82) is 0 Å². The second kappa shape index (κ2) is 8.22. The number of likely N-dealkylation sites (N-methyl/N-ethyl adjacent to an activating group) is 1. The standard InChI is InChI=1S/C21H24N2O4/c1-23(2)19(20(24)25)11-12-22-21(26)27-13-18-16-9-5-3-7-14(16)15-8-4-6-10-17(15)18/h3-10,18-19H,11-13H2,1-2H3,(H,22,26)(H,24,25). The largest absolute Gasteiger partial charge is 0.480 e. The highest BCUT2D eigenvalue weighted by Gasteiger charge is 2.29. The zero-order chi connectivity index (χ0) is 19.4. The van der Waals surface area contributed by atoms with Crippen molar-refractivity contribution in [3.05, 3.63) is 59.7 Å². The van der Waals surface area contributed by atoms with Gasteiger partial charge in [-0.1, -0.05) is 48.5 Å². The number of hydrogen-bond acceptors (Lipinski definition) is 4. The Labute approximate surface area is 158 Å². The number of carbonyl (C=O) groups excluding carboxylic acids is 1. The van der Waals surface area contributed by atoms with Gasteiger partial charge < -0.3 is 15.2 Å². The fourth-order valence-corrected chi connectivity index (χ4v) is 3.56. The third-order valence-corrected chi connectivity index (χ3v) is 4.94. The van der Waals surface area contributed by atoms with Gasteiger partial charge in [-0.25, -0.2) is 4.79 Å². The molecule has 27 heavy (non-hydrogen) atoms. The van der Waals surface area contributed by atoms with Crippen molar-refractivity contribution in [2.24, 2.45) is 0 Å². The molecule has 2 aromatic rings. The molecule has 0 saturated heterocycles. The van der Waals surface area contributed by atoms with E-state index < -0.39 is 18.1 Å². The first-order valence-corrected chi connectivity index (χ1v) is 8.97. The van der Waals surface area contributed by atoms with Crippen molar-refractivity contribution in [3.8, 4) is 11.1 Å². The van der Waals surface area contributed by atoms with Crippen LogP contribution in [-0.4, -0.2) is 55.4 Å². The Hall–Kier alpha value is -2.86. The fourth-order valence-electron chi connectivity index (χ4n) is 3.56. The molecule has 1 aliphatic rings. The lowest BCUT2D eigenvalue weighted by Gasteiger charge is -2.20. The molecule has 1 aliphatic carbocycles. The van der Waals surface area contributed by atoms with Crippen molar-refractivity contribution in [1.82, 2.24) is 10.2 Å². The third-order valence-electron chi connectivity index (χ3n) is 4.94. The summed E-state index contributed by atoms with van der Waals surface area (Å²) in [7, 11) is 3.40. The van der Waals surface area contributed by atoms with Gasteiger partial charge in [-0.05, 0) is 42.8 Å². The molecule has 1 atom stereocenters. The summed E-state index contributed by atoms with van der Waals surface area (Å²) in [6.07, 6.45) is -0.216. The highest BCUT2D eigenvalue weighted by atomic mass is 16.5. The number of carboxylic acids is 1. The summed E-state index contributed by atoms with van der Waals surface area (Å²) in [6, 6.07) is 15.7. The molecule has 0 saturated carbocycles. The number of fused-ring (bicyclic) bond motifs is 3. The lowest BCUT2D eigenvalue weighted by Crippen LogP contribution is -2.39. The van der Waals surface area contributed by atoms with E-state index in [1.54, 1.807) is 19.0 Å². The van der Waals surface area contributed by atoms with Gasteiger partial charge in [0.05, 0.1) is 0 Å². The maximum atomic E-state index is 12.1. The molecular weight excluding hydrogens is 344 g/mol. The number of carboxylic acid groups (broad SMARTS) is 1. The van der Waals surface area contributed by atoms with E-state index >= 15 is 0 Å². The van der Waals surface area contributed by atoms with E-state index in [1.807, 2.05) is 24.3 Å². The van der Waals surface area contributed by atoms with Gasteiger partial charge in [-0.2, -0.15) is 0 Å². The normalized spacial score (nSPS) is 13.7. The number of ether oxygens (including phenoxy) is 1. The van der Waals surface area contributed by atoms with Gasteiger partial charge in [0.15, 0.2) is 0 Å². The topological polar surface area (TPSA) is 78.9 Å². The molecule has 2 aromatic carbocycles. The zero-order valence-corrected chi connectivity index (χ0v) is 15.5. The molecular formula is C21H24N2O4. The van der Waals surface area contributed by atoms with E-state index in [4.69, 9.17) is 9.84 Å². The first-order valence-electron chi connectivity index (χ1n) is 8.97. The Kier molecular flexibility index (Phi) is 5.76. The SMILES string of the molecule is CN(C)C(CCNC(=O)OCC1c2ccccc2-c2ccccc21)C(=O)O. The Bertz CT molecular complexity index is 789. The molecule has 0 heterocycles. The summed E-state index contributed by atoms with van der Waals surface area (Å²) in [5.74, 6) is -0.897. The van der Waals surface area contributed by atoms with E-state index in [0.29, 0.717) is 6.42 Å². The Morgan fingerprint density at radius 2 is 1.63 bits per heavy atom. The fraction of sp³-hybridized carbons (Fsp3) is 0.333. The molecule has 0 aliphatic heterocycles. The van der Waals surface area contributed by atoms with Crippen LogP contribution in [0.25, 0.3) is 11.1 Å². The Balaban J connectivity index is 1.57. The molecule has 1 amide bonds. The molecule has 1 unspecified atom stereocenters. The molecule has 0 aromatic heterocycles. The van der Waals surface area contributed by atoms with Gasteiger partial charge in [-0.3, -0.25) is 9.69 Å². The number of nitrogens with one attached hydrogen (secondary N) is 1. The average molecular weight is 368 g/mol. The van der Waals surface area contributed by atoms with Crippen molar-refractivity contribution >= 4 is 12.1 Å². The highest BCUT2D eigenvalue weighted by Crippen LogP contribution is 2.44. The molecule has 6 nitrogen and oxygen atoms in total. The van der Waals surface area contributed by atoms with Gasteiger partial charge in [0.1, 0.15) is 12.6 Å². The minimum absolute atomic E-state index is 0.0108. The number of carbonyl (C=O) groups is 2. The third kappa shape index (κ3) is 4.11. The maximum Gasteiger partial charge on any atom is 0.407 e. The van der Waals surface area contributed by atoms with E-state index in [0.717, 1.165) is 11.1 Å². The summed E-state index contributed by atoms with van der Waals surface area (Å²) in [4.78, 5) is 24.8. The van der Waals surface area contributed by atoms with E-state index in [2.05, 4.69) is 29.6 Å². The van der Waals surface area contributed by atoms with E-state index in [9.17, 15) is 9.59 Å². The molecule has 0 radical (unpaired) electrons. The van der Waals surface area contributed by atoms with Gasteiger partial charge in [0, 0.05) is 12.5 Å². The van der Waals surface area contributed by atoms with Crippen LogP contribution in [0.1, 0.15) is 23.5 Å². The maximum absolute atomic E-state index is 12.1. The van der Waals surface area contributed by atoms with Crippen LogP contribution in [0.3, 0.4) is 0 Å². The zero-order valence-electron chi connectivity index (χ0n) is 15.5. The van der Waals surface area contributed by atoms with E-state index in [-0.39, 0.29) is 19.1 Å². The van der Waals surface area contributed by atoms with Gasteiger partial charge in [-0.15, -0.1) is 0 Å². The van der Waals surface area contributed by atoms with Crippen LogP contribution in [0.2, 0.25) is 0 Å². The van der Waals surface area contributed by atoms with Crippen LogP contribution in [-0.2, 0) is 9.53 Å². The Morgan fingerprint density at radius 1 is 1.07 bits per heavy atom. The molecule has 0 spiro atoms. The van der Waals surface area contributed by atoms with E-state index in [1.165, 1.54) is 11.1 Å². The number of aliphatic carboxylic acids is 1. The van der Waals surface area contributed by atoms with Gasteiger partial charge >= 0.3 is 12.1 Å². The summed E-state index contributed by atoms with van der Waals surface area (Å²) >= 11 is 0. The molecule has 6 heteroatoms. The molecule has 142 valence electrons. The van der Waals surface area contributed by atoms with Gasteiger partial charge in [0.2, 0.25) is 0 Å². The minimum atomic E-state index is -0.908. The van der Waals surface area contributed by atoms with Crippen LogP contribution >= 0.6 is 0 Å². The monoisotopic (exact) mass is 368 g/mol. The van der Waals surface area contributed by atoms with Crippen molar-refractivity contribution < 1.29 is 19.4 Å². The highest BCUT2D eigenvalue weighted by molar-refractivity contribution is 5.79. The number of benzene rings is 2. The second-order valence-corrected chi connectivity index (χ2v) is 6.86. The van der Waals surface area contributed by atoms with Crippen molar-refractivity contribution in [3.63, 3.8) is 0 Å². The second-order valence-electron chi connectivity index (χ2n) is 6.86. The summed E-state index contributed by atoms with van der Waals surface area (Å²) in [5.41, 5.74) is 4.67. The average Bonchev–Trinajstić information content (AvgIpc) is 2.97. The number of hydrogen-bond donors (Lipinski definition) is 2. The van der Waals surface area contributed by atoms with Crippen LogP contribution < -0.4 is 5.32 Å².